The summed E-state index contributed by atoms with van der Waals surface area (Å²) in [7, 11) is 3.12. The summed E-state index contributed by atoms with van der Waals surface area (Å²) < 4.78 is 0. The third kappa shape index (κ3) is 5.48. The molecule has 0 unspecified atom stereocenters. The first-order valence-corrected chi connectivity index (χ1v) is 12.0. The summed E-state index contributed by atoms with van der Waals surface area (Å²) in [4.78, 5) is 51.8. The number of Topliss-reactive ketones (excluding diaryl/α,β-unsaturated/α-hetero) is 1. The van der Waals surface area contributed by atoms with Gasteiger partial charge in [-0.15, -0.1) is 0 Å². The lowest BCUT2D eigenvalue weighted by Crippen LogP contribution is -2.43. The number of para-hydroxylation sites is 1. The number of phenolic OH excluding ortho intramolecular Hbond substituents is 1. The molecule has 1 amide bonds. The number of ketones is 1. The second-order valence-electron chi connectivity index (χ2n) is 9.49. The number of rotatable bonds is 11. The Labute approximate surface area is 210 Å². The lowest BCUT2D eigenvalue weighted by molar-refractivity contribution is -0.121. The highest BCUT2D eigenvalue weighted by Crippen LogP contribution is 2.33. The predicted octanol–water partition coefficient (Wildman–Crippen LogP) is 4.02. The maximum Gasteiger partial charge on any atom is 0.257 e. The van der Waals surface area contributed by atoms with Crippen molar-refractivity contribution in [3.8, 4) is 5.75 Å². The average molecular weight is 492 g/mol. The van der Waals surface area contributed by atoms with Crippen LogP contribution < -0.4 is 21.5 Å². The Hall–Kier alpha value is -3.94. The summed E-state index contributed by atoms with van der Waals surface area (Å²) in [5, 5.41) is 16.4. The highest BCUT2D eigenvalue weighted by atomic mass is 16.3. The quantitative estimate of drug-likeness (QED) is 0.274. The Balaban J connectivity index is 1.84. The first-order valence-electron chi connectivity index (χ1n) is 12.0. The zero-order valence-electron chi connectivity index (χ0n) is 21.3. The molecular weight excluding hydrogens is 458 g/mol. The third-order valence-corrected chi connectivity index (χ3v) is 6.37. The van der Waals surface area contributed by atoms with Crippen LogP contribution in [-0.4, -0.2) is 41.8 Å². The number of anilines is 3. The van der Waals surface area contributed by atoms with Crippen LogP contribution >= 0.6 is 0 Å². The molecule has 0 saturated carbocycles. The molecule has 3 aromatic rings. The van der Waals surface area contributed by atoms with Gasteiger partial charge < -0.3 is 20.6 Å². The van der Waals surface area contributed by atoms with Gasteiger partial charge in [0.25, 0.3) is 16.8 Å². The summed E-state index contributed by atoms with van der Waals surface area (Å²) in [5.41, 5.74) is -0.282. The minimum absolute atomic E-state index is 0.00329. The van der Waals surface area contributed by atoms with E-state index in [1.54, 1.807) is 20.2 Å². The summed E-state index contributed by atoms with van der Waals surface area (Å²) in [6, 6.07) is 13.7. The van der Waals surface area contributed by atoms with E-state index in [0.29, 0.717) is 6.42 Å². The summed E-state index contributed by atoms with van der Waals surface area (Å²) in [6.07, 6.45) is 1.08. The number of benzene rings is 2. The maximum atomic E-state index is 13.3. The van der Waals surface area contributed by atoms with Gasteiger partial charge in [-0.1, -0.05) is 57.2 Å². The molecule has 0 heterocycles. The van der Waals surface area contributed by atoms with Crippen molar-refractivity contribution in [2.75, 3.05) is 24.7 Å². The van der Waals surface area contributed by atoms with Crippen molar-refractivity contribution in [3.63, 3.8) is 0 Å². The third-order valence-electron chi connectivity index (χ3n) is 6.37. The molecule has 0 aliphatic carbocycles. The minimum Gasteiger partial charge on any atom is -0.505 e. The second-order valence-corrected chi connectivity index (χ2v) is 9.49. The van der Waals surface area contributed by atoms with Gasteiger partial charge in [-0.2, -0.15) is 0 Å². The van der Waals surface area contributed by atoms with Crippen LogP contribution in [0.5, 0.6) is 5.75 Å². The van der Waals surface area contributed by atoms with Crippen molar-refractivity contribution in [3.05, 3.63) is 80.1 Å². The molecule has 3 N–H and O–H groups in total. The van der Waals surface area contributed by atoms with Crippen molar-refractivity contribution in [1.29, 1.82) is 0 Å². The monoisotopic (exact) mass is 491 g/mol. The minimum atomic E-state index is -0.757. The first-order chi connectivity index (χ1) is 17.1. The molecule has 3 rings (SSSR count). The number of phenols is 1. The van der Waals surface area contributed by atoms with Crippen LogP contribution in [0.3, 0.4) is 0 Å². The van der Waals surface area contributed by atoms with E-state index < -0.39 is 22.8 Å². The number of hydrogen-bond acceptors (Lipinski definition) is 7. The van der Waals surface area contributed by atoms with Crippen molar-refractivity contribution in [1.82, 2.24) is 4.90 Å². The highest BCUT2D eigenvalue weighted by molar-refractivity contribution is 5.99. The van der Waals surface area contributed by atoms with Gasteiger partial charge in [-0.3, -0.25) is 19.2 Å². The molecule has 0 fully saturated rings. The van der Waals surface area contributed by atoms with Crippen LogP contribution in [0.25, 0.3) is 0 Å². The molecule has 36 heavy (non-hydrogen) atoms. The largest absolute Gasteiger partial charge is 0.505 e. The van der Waals surface area contributed by atoms with E-state index in [-0.39, 0.29) is 46.0 Å². The number of nitrogens with one attached hydrogen (secondary N) is 2. The Morgan fingerprint density at radius 2 is 1.58 bits per heavy atom. The van der Waals surface area contributed by atoms with Gasteiger partial charge in [0.15, 0.2) is 11.5 Å². The van der Waals surface area contributed by atoms with Gasteiger partial charge in [0.05, 0.1) is 17.3 Å². The molecule has 0 saturated heterocycles. The van der Waals surface area contributed by atoms with Crippen LogP contribution in [0.4, 0.5) is 17.1 Å². The smallest absolute Gasteiger partial charge is 0.257 e. The molecule has 8 heteroatoms. The molecule has 0 aromatic heterocycles. The number of amides is 1. The summed E-state index contributed by atoms with van der Waals surface area (Å²) in [5.74, 6) is -0.895. The summed E-state index contributed by atoms with van der Waals surface area (Å²) >= 11 is 0. The molecule has 0 radical (unpaired) electrons. The Kier molecular flexibility index (Phi) is 8.29. The van der Waals surface area contributed by atoms with E-state index in [1.165, 1.54) is 17.0 Å². The Morgan fingerprint density at radius 1 is 0.944 bits per heavy atom. The topological polar surface area (TPSA) is 116 Å². The predicted molar refractivity (Wildman–Crippen MR) is 142 cm³/mol. The molecule has 8 nitrogen and oxygen atoms in total. The highest BCUT2D eigenvalue weighted by Gasteiger charge is 2.30. The zero-order valence-corrected chi connectivity index (χ0v) is 21.3. The van der Waals surface area contributed by atoms with Gasteiger partial charge in [0.2, 0.25) is 0 Å². The first kappa shape index (κ1) is 26.7. The van der Waals surface area contributed by atoms with Gasteiger partial charge in [0.1, 0.15) is 11.4 Å². The SMILES string of the molecule is CC[C@H](CC(=O)[C@H](Nc1c(Nc2cccc(C(=O)N(C)C)c2O)c(=O)c1=O)C(C)C)c1ccccc1. The Bertz CT molecular complexity index is 1310. The van der Waals surface area contributed by atoms with Crippen LogP contribution in [0.1, 0.15) is 55.5 Å². The van der Waals surface area contributed by atoms with Gasteiger partial charge in [-0.25, -0.2) is 0 Å². The molecule has 0 spiro atoms. The van der Waals surface area contributed by atoms with Gasteiger partial charge in [-0.05, 0) is 36.0 Å². The fourth-order valence-corrected chi connectivity index (χ4v) is 4.21. The number of carbonyl (C=O) groups is 2. The van der Waals surface area contributed by atoms with Crippen molar-refractivity contribution >= 4 is 28.8 Å². The van der Waals surface area contributed by atoms with Crippen molar-refractivity contribution < 1.29 is 14.7 Å². The average Bonchev–Trinajstić information content (AvgIpc) is 2.87. The summed E-state index contributed by atoms with van der Waals surface area (Å²) in [6.45, 7) is 5.78. The molecule has 3 aromatic carbocycles. The molecule has 2 atom stereocenters. The van der Waals surface area contributed by atoms with Crippen molar-refractivity contribution in [2.45, 2.75) is 45.6 Å². The molecule has 0 aliphatic rings. The van der Waals surface area contributed by atoms with Crippen LogP contribution in [-0.2, 0) is 4.79 Å². The molecule has 0 bridgehead atoms. The van der Waals surface area contributed by atoms with E-state index in [1.807, 2.05) is 51.1 Å². The molecule has 0 aliphatic heterocycles. The van der Waals surface area contributed by atoms with Gasteiger partial charge >= 0.3 is 0 Å². The fourth-order valence-electron chi connectivity index (χ4n) is 4.21. The number of nitrogens with zero attached hydrogens (tertiary/aromatic N) is 1. The number of aromatic hydroxyl groups is 1. The standard InChI is InChI=1S/C28H33N3O5/c1-6-17(18-11-8-7-9-12-18)15-21(32)22(16(2)3)30-24-23(26(34)27(24)35)29-20-14-10-13-19(25(20)33)28(36)31(4)5/h7-14,16-17,22,29-30,33H,6,15H2,1-5H3/t17-,22-/m1/s1. The van der Waals surface area contributed by atoms with E-state index in [4.69, 9.17) is 0 Å². The molecular formula is C28H33N3O5. The number of hydrogen-bond donors (Lipinski definition) is 3. The van der Waals surface area contributed by atoms with Crippen molar-refractivity contribution in [2.24, 2.45) is 5.92 Å². The number of carbonyl (C=O) groups excluding carboxylic acids is 2. The molecule has 190 valence electrons. The normalized spacial score (nSPS) is 12.8. The lowest BCUT2D eigenvalue weighted by Gasteiger charge is -2.26. The van der Waals surface area contributed by atoms with E-state index in [9.17, 15) is 24.3 Å². The van der Waals surface area contributed by atoms with Crippen LogP contribution in [0, 0.1) is 5.92 Å². The van der Waals surface area contributed by atoms with Crippen LogP contribution in [0.15, 0.2) is 58.1 Å². The fraction of sp³-hybridized carbons (Fsp3) is 0.357. The maximum absolute atomic E-state index is 13.3. The lowest BCUT2D eigenvalue weighted by atomic mass is 9.87. The van der Waals surface area contributed by atoms with Crippen LogP contribution in [0.2, 0.25) is 0 Å². The second kappa shape index (κ2) is 11.2. The van der Waals surface area contributed by atoms with E-state index in [0.717, 1.165) is 12.0 Å². The zero-order chi connectivity index (χ0) is 26.6. The van der Waals surface area contributed by atoms with Gasteiger partial charge in [0, 0.05) is 20.5 Å². The van der Waals surface area contributed by atoms with E-state index >= 15 is 0 Å². The van der Waals surface area contributed by atoms with E-state index in [2.05, 4.69) is 10.6 Å². The Morgan fingerprint density at radius 3 is 2.17 bits per heavy atom.